The van der Waals surface area contributed by atoms with E-state index >= 15 is 0 Å². The van der Waals surface area contributed by atoms with Crippen molar-refractivity contribution in [2.24, 2.45) is 0 Å². The van der Waals surface area contributed by atoms with Crippen molar-refractivity contribution in [3.8, 4) is 0 Å². The molecule has 0 unspecified atom stereocenters. The van der Waals surface area contributed by atoms with Crippen LogP contribution < -0.4 is 10.9 Å². The zero-order valence-corrected chi connectivity index (χ0v) is 16.6. The van der Waals surface area contributed by atoms with Gasteiger partial charge in [-0.3, -0.25) is 9.36 Å². The standard InChI is InChI=1S/C17H21N2O4PS/c1-6-22-24(21,23-7-2)14-11(5)15-13(19-16(14)20)12-9(3)8-10(4)18-17(12)25-15/h8H,6-7H2,1-5H3,(H,19,20). The summed E-state index contributed by atoms with van der Waals surface area (Å²) >= 11 is 1.48. The van der Waals surface area contributed by atoms with Gasteiger partial charge in [-0.1, -0.05) is 0 Å². The van der Waals surface area contributed by atoms with Gasteiger partial charge in [0.1, 0.15) is 10.1 Å². The summed E-state index contributed by atoms with van der Waals surface area (Å²) in [5.41, 5.74) is 2.90. The maximum Gasteiger partial charge on any atom is 0.367 e. The lowest BCUT2D eigenvalue weighted by molar-refractivity contribution is 0.229. The molecule has 0 aliphatic carbocycles. The number of aryl methyl sites for hydroxylation is 3. The van der Waals surface area contributed by atoms with Crippen molar-refractivity contribution in [2.75, 3.05) is 13.2 Å². The average molecular weight is 380 g/mol. The SMILES string of the molecule is CCOP(=O)(OCC)c1c(C)c2sc3nc(C)cc(C)c3c2[nH]c1=O. The first kappa shape index (κ1) is 18.3. The smallest absolute Gasteiger partial charge is 0.320 e. The minimum absolute atomic E-state index is 0.0876. The molecule has 0 bridgehead atoms. The zero-order chi connectivity index (χ0) is 18.4. The number of hydrogen-bond donors (Lipinski definition) is 1. The monoisotopic (exact) mass is 380 g/mol. The van der Waals surface area contributed by atoms with Gasteiger partial charge in [-0.2, -0.15) is 0 Å². The van der Waals surface area contributed by atoms with Crippen LogP contribution in [0.15, 0.2) is 10.9 Å². The van der Waals surface area contributed by atoms with Gasteiger partial charge in [0.15, 0.2) is 0 Å². The third kappa shape index (κ3) is 2.95. The molecular weight excluding hydrogens is 359 g/mol. The lowest BCUT2D eigenvalue weighted by Crippen LogP contribution is -2.31. The number of aromatic amines is 1. The summed E-state index contributed by atoms with van der Waals surface area (Å²) in [5.74, 6) is 0. The molecule has 3 rings (SSSR count). The van der Waals surface area contributed by atoms with Crippen LogP contribution in [0.3, 0.4) is 0 Å². The molecule has 3 heterocycles. The summed E-state index contributed by atoms with van der Waals surface area (Å²) in [4.78, 5) is 21.1. The second-order valence-electron chi connectivity index (χ2n) is 5.83. The number of H-pyrrole nitrogens is 1. The van der Waals surface area contributed by atoms with Gasteiger partial charge >= 0.3 is 7.60 Å². The van der Waals surface area contributed by atoms with E-state index in [4.69, 9.17) is 9.05 Å². The number of nitrogens with one attached hydrogen (secondary N) is 1. The van der Waals surface area contributed by atoms with Crippen LogP contribution in [0, 0.1) is 20.8 Å². The van der Waals surface area contributed by atoms with E-state index in [1.165, 1.54) is 11.3 Å². The molecule has 25 heavy (non-hydrogen) atoms. The minimum Gasteiger partial charge on any atom is -0.320 e. The van der Waals surface area contributed by atoms with Crippen LogP contribution in [0.5, 0.6) is 0 Å². The maximum absolute atomic E-state index is 13.2. The molecular formula is C17H21N2O4PS. The number of hydrogen-bond acceptors (Lipinski definition) is 6. The van der Waals surface area contributed by atoms with Crippen molar-refractivity contribution >= 4 is 44.7 Å². The molecule has 0 fully saturated rings. The first-order valence-electron chi connectivity index (χ1n) is 8.15. The Kier molecular flexibility index (Phi) is 4.86. The summed E-state index contributed by atoms with van der Waals surface area (Å²) < 4.78 is 24.8. The largest absolute Gasteiger partial charge is 0.367 e. The highest BCUT2D eigenvalue weighted by atomic mass is 32.1. The summed E-state index contributed by atoms with van der Waals surface area (Å²) in [6.45, 7) is 9.56. The van der Waals surface area contributed by atoms with E-state index in [9.17, 15) is 9.36 Å². The quantitative estimate of drug-likeness (QED) is 0.678. The van der Waals surface area contributed by atoms with Gasteiger partial charge in [-0.05, 0) is 51.8 Å². The Morgan fingerprint density at radius 3 is 2.44 bits per heavy atom. The van der Waals surface area contributed by atoms with Crippen LogP contribution in [0.4, 0.5) is 0 Å². The Morgan fingerprint density at radius 2 is 1.84 bits per heavy atom. The van der Waals surface area contributed by atoms with E-state index in [0.717, 1.165) is 31.7 Å². The molecule has 0 saturated carbocycles. The molecule has 0 amide bonds. The summed E-state index contributed by atoms with van der Waals surface area (Å²) in [5, 5.41) is 1.02. The highest BCUT2D eigenvalue weighted by molar-refractivity contribution is 7.62. The zero-order valence-electron chi connectivity index (χ0n) is 14.9. The highest BCUT2D eigenvalue weighted by Crippen LogP contribution is 2.48. The van der Waals surface area contributed by atoms with Crippen molar-refractivity contribution in [3.63, 3.8) is 0 Å². The van der Waals surface area contributed by atoms with E-state index in [2.05, 4.69) is 9.97 Å². The Labute approximate surface area is 149 Å². The van der Waals surface area contributed by atoms with Gasteiger partial charge in [0.05, 0.1) is 23.4 Å². The number of aromatic nitrogens is 2. The molecule has 8 heteroatoms. The first-order valence-corrected chi connectivity index (χ1v) is 10.5. The second kappa shape index (κ2) is 6.65. The fourth-order valence-electron chi connectivity index (χ4n) is 3.11. The van der Waals surface area contributed by atoms with Gasteiger partial charge in [0.2, 0.25) is 0 Å². The molecule has 3 aromatic heterocycles. The third-order valence-corrected chi connectivity index (χ3v) is 7.49. The maximum atomic E-state index is 13.2. The molecule has 6 nitrogen and oxygen atoms in total. The van der Waals surface area contributed by atoms with E-state index in [1.54, 1.807) is 20.8 Å². The molecule has 134 valence electrons. The lowest BCUT2D eigenvalue weighted by atomic mass is 10.1. The van der Waals surface area contributed by atoms with E-state index < -0.39 is 13.2 Å². The van der Waals surface area contributed by atoms with Crippen LogP contribution in [-0.2, 0) is 13.6 Å². The summed E-state index contributed by atoms with van der Waals surface area (Å²) in [7, 11) is -3.67. The first-order chi connectivity index (χ1) is 11.8. The van der Waals surface area contributed by atoms with Gasteiger partial charge in [-0.25, -0.2) is 4.98 Å². The predicted octanol–water partition coefficient (Wildman–Crippen LogP) is 3.95. The van der Waals surface area contributed by atoms with Crippen molar-refractivity contribution in [1.29, 1.82) is 0 Å². The molecule has 1 N–H and O–H groups in total. The Bertz CT molecular complexity index is 1060. The topological polar surface area (TPSA) is 81.3 Å². The van der Waals surface area contributed by atoms with Gasteiger partial charge in [-0.15, -0.1) is 11.3 Å². The van der Waals surface area contributed by atoms with Crippen molar-refractivity contribution in [3.05, 3.63) is 33.2 Å². The molecule has 0 aliphatic heterocycles. The Balaban J connectivity index is 2.41. The van der Waals surface area contributed by atoms with Crippen molar-refractivity contribution in [2.45, 2.75) is 34.6 Å². The molecule has 0 atom stereocenters. The van der Waals surface area contributed by atoms with E-state index in [-0.39, 0.29) is 18.5 Å². The number of pyridine rings is 2. The van der Waals surface area contributed by atoms with Crippen LogP contribution in [-0.4, -0.2) is 23.2 Å². The van der Waals surface area contributed by atoms with Gasteiger partial charge in [0.25, 0.3) is 5.56 Å². The summed E-state index contributed by atoms with van der Waals surface area (Å²) in [6.07, 6.45) is 0. The predicted molar refractivity (Wildman–Crippen MR) is 102 cm³/mol. The fourth-order valence-corrected chi connectivity index (χ4v) is 6.29. The molecule has 3 aromatic rings. The van der Waals surface area contributed by atoms with Crippen LogP contribution in [0.25, 0.3) is 20.4 Å². The molecule has 0 spiro atoms. The molecule has 0 aliphatic rings. The van der Waals surface area contributed by atoms with Crippen LogP contribution in [0.1, 0.15) is 30.7 Å². The fraction of sp³-hybridized carbons (Fsp3) is 0.412. The van der Waals surface area contributed by atoms with Crippen LogP contribution in [0.2, 0.25) is 0 Å². The average Bonchev–Trinajstić information content (AvgIpc) is 2.86. The molecule has 0 saturated heterocycles. The van der Waals surface area contributed by atoms with Gasteiger partial charge in [0, 0.05) is 11.1 Å². The highest BCUT2D eigenvalue weighted by Gasteiger charge is 2.33. The Morgan fingerprint density at radius 1 is 1.20 bits per heavy atom. The van der Waals surface area contributed by atoms with Crippen LogP contribution >= 0.6 is 18.9 Å². The molecule has 0 aromatic carbocycles. The molecule has 0 radical (unpaired) electrons. The number of rotatable bonds is 5. The summed E-state index contributed by atoms with van der Waals surface area (Å²) in [6, 6.07) is 1.99. The number of nitrogens with zero attached hydrogens (tertiary/aromatic N) is 1. The third-order valence-electron chi connectivity index (χ3n) is 4.01. The second-order valence-corrected chi connectivity index (χ2v) is 8.79. The van der Waals surface area contributed by atoms with E-state index in [0.29, 0.717) is 5.56 Å². The van der Waals surface area contributed by atoms with E-state index in [1.807, 2.05) is 19.9 Å². The normalized spacial score (nSPS) is 12.4. The lowest BCUT2D eigenvalue weighted by Gasteiger charge is -2.18. The Hall–Kier alpha value is -1.53. The number of thiophene rings is 1. The van der Waals surface area contributed by atoms with Crippen molar-refractivity contribution < 1.29 is 13.6 Å². The minimum atomic E-state index is -3.67. The van der Waals surface area contributed by atoms with Crippen molar-refractivity contribution in [1.82, 2.24) is 9.97 Å². The van der Waals surface area contributed by atoms with Gasteiger partial charge < -0.3 is 14.0 Å². The number of fused-ring (bicyclic) bond motifs is 3.